The van der Waals surface area contributed by atoms with Gasteiger partial charge in [-0.15, -0.1) is 11.3 Å². The fourth-order valence-corrected chi connectivity index (χ4v) is 2.66. The Morgan fingerprint density at radius 1 is 1.54 bits per heavy atom. The maximum absolute atomic E-state index is 11.3. The van der Waals surface area contributed by atoms with Crippen molar-refractivity contribution in [2.45, 2.75) is 6.92 Å². The molecule has 0 unspecified atom stereocenters. The van der Waals surface area contributed by atoms with Crippen molar-refractivity contribution in [3.8, 4) is 0 Å². The van der Waals surface area contributed by atoms with E-state index in [0.29, 0.717) is 5.69 Å². The summed E-state index contributed by atoms with van der Waals surface area (Å²) in [5.74, 6) is -0.0394. The third-order valence-electron chi connectivity index (χ3n) is 1.51. The second-order valence-electron chi connectivity index (χ2n) is 2.68. The first-order valence-corrected chi connectivity index (χ1v) is 6.38. The summed E-state index contributed by atoms with van der Waals surface area (Å²) in [6, 6.07) is 0. The van der Waals surface area contributed by atoms with Gasteiger partial charge < -0.3 is 5.73 Å². The second-order valence-corrected chi connectivity index (χ2v) is 5.26. The molecular formula is C7H12N2O2S2. The van der Waals surface area contributed by atoms with Gasteiger partial charge in [-0.1, -0.05) is 0 Å². The van der Waals surface area contributed by atoms with Gasteiger partial charge in [0.15, 0.2) is 0 Å². The van der Waals surface area contributed by atoms with Crippen molar-refractivity contribution in [3.63, 3.8) is 0 Å². The van der Waals surface area contributed by atoms with Crippen LogP contribution in [0, 0.1) is 6.92 Å². The first-order valence-electron chi connectivity index (χ1n) is 3.78. The molecule has 0 fully saturated rings. The van der Waals surface area contributed by atoms with Crippen molar-refractivity contribution < 1.29 is 8.42 Å². The van der Waals surface area contributed by atoms with Crippen LogP contribution in [0.3, 0.4) is 0 Å². The minimum Gasteiger partial charge on any atom is -0.329 e. The predicted octanol–water partition coefficient (Wildman–Crippen LogP) is 0.757. The Morgan fingerprint density at radius 3 is 2.69 bits per heavy atom. The van der Waals surface area contributed by atoms with E-state index in [1.54, 1.807) is 5.38 Å². The number of aryl methyl sites for hydroxylation is 1. The van der Waals surface area contributed by atoms with Gasteiger partial charge in [-0.25, -0.2) is 8.42 Å². The van der Waals surface area contributed by atoms with Gasteiger partial charge in [0.25, 0.3) is 0 Å². The first kappa shape index (κ1) is 10.5. The van der Waals surface area contributed by atoms with E-state index < -0.39 is 10.0 Å². The number of rotatable bonds is 4. The summed E-state index contributed by atoms with van der Waals surface area (Å²) >= 11 is 1.47. The lowest BCUT2D eigenvalue weighted by Gasteiger charge is -2.05. The minimum absolute atomic E-state index is 0.0394. The van der Waals surface area contributed by atoms with Crippen molar-refractivity contribution in [2.75, 3.05) is 17.0 Å². The van der Waals surface area contributed by atoms with Crippen LogP contribution in [0.4, 0.5) is 5.69 Å². The molecule has 0 aromatic carbocycles. The Labute approximate surface area is 81.8 Å². The lowest BCUT2D eigenvalue weighted by atomic mass is 10.3. The van der Waals surface area contributed by atoms with Crippen LogP contribution >= 0.6 is 11.3 Å². The topological polar surface area (TPSA) is 72.2 Å². The van der Waals surface area contributed by atoms with Gasteiger partial charge in [0.05, 0.1) is 11.4 Å². The maximum atomic E-state index is 11.3. The van der Waals surface area contributed by atoms with Crippen LogP contribution in [0.25, 0.3) is 0 Å². The lowest BCUT2D eigenvalue weighted by molar-refractivity contribution is 0.601. The summed E-state index contributed by atoms with van der Waals surface area (Å²) in [6.07, 6.45) is 0. The summed E-state index contributed by atoms with van der Waals surface area (Å²) in [4.78, 5) is 0. The zero-order valence-electron chi connectivity index (χ0n) is 7.28. The zero-order chi connectivity index (χ0) is 9.90. The molecule has 3 N–H and O–H groups in total. The Morgan fingerprint density at radius 2 is 2.23 bits per heavy atom. The summed E-state index contributed by atoms with van der Waals surface area (Å²) in [5.41, 5.74) is 6.75. The Bertz CT molecular complexity index is 370. The number of anilines is 1. The van der Waals surface area contributed by atoms with Gasteiger partial charge in [-0.05, 0) is 17.9 Å². The van der Waals surface area contributed by atoms with Crippen LogP contribution in [0.5, 0.6) is 0 Å². The van der Waals surface area contributed by atoms with Crippen LogP contribution in [0.2, 0.25) is 0 Å². The van der Waals surface area contributed by atoms with E-state index in [-0.39, 0.29) is 12.3 Å². The highest BCUT2D eigenvalue weighted by molar-refractivity contribution is 7.92. The molecule has 0 radical (unpaired) electrons. The monoisotopic (exact) mass is 220 g/mol. The third kappa shape index (κ3) is 2.98. The van der Waals surface area contributed by atoms with Crippen LogP contribution in [-0.4, -0.2) is 20.7 Å². The molecule has 0 bridgehead atoms. The molecule has 0 aliphatic carbocycles. The summed E-state index contributed by atoms with van der Waals surface area (Å²) in [5, 5.41) is 3.66. The lowest BCUT2D eigenvalue weighted by Crippen LogP contribution is -2.22. The van der Waals surface area contributed by atoms with Crippen LogP contribution < -0.4 is 10.5 Å². The average molecular weight is 220 g/mol. The summed E-state index contributed by atoms with van der Waals surface area (Å²) in [6.45, 7) is 2.00. The van der Waals surface area contributed by atoms with Gasteiger partial charge >= 0.3 is 0 Å². The van der Waals surface area contributed by atoms with E-state index >= 15 is 0 Å². The number of hydrogen-bond acceptors (Lipinski definition) is 4. The van der Waals surface area contributed by atoms with Crippen molar-refractivity contribution in [1.29, 1.82) is 0 Å². The molecule has 0 aliphatic heterocycles. The van der Waals surface area contributed by atoms with Crippen molar-refractivity contribution >= 4 is 27.0 Å². The number of hydrogen-bond donors (Lipinski definition) is 2. The highest BCUT2D eigenvalue weighted by atomic mass is 32.2. The number of nitrogens with two attached hydrogens (primary N) is 1. The predicted molar refractivity (Wildman–Crippen MR) is 55.5 cm³/mol. The molecule has 74 valence electrons. The Balaban J connectivity index is 2.75. The van der Waals surface area contributed by atoms with E-state index in [0.717, 1.165) is 5.56 Å². The molecule has 1 rings (SSSR count). The third-order valence-corrected chi connectivity index (χ3v) is 3.67. The van der Waals surface area contributed by atoms with Crippen LogP contribution in [0.15, 0.2) is 10.8 Å². The van der Waals surface area contributed by atoms with E-state index in [1.165, 1.54) is 11.3 Å². The van der Waals surface area contributed by atoms with E-state index in [1.807, 2.05) is 12.3 Å². The standard InChI is InChI=1S/C7H12N2O2S2/c1-6-4-12-5-7(6)9-13(10,11)3-2-8/h4-5,9H,2-3,8H2,1H3. The molecule has 6 heteroatoms. The Hall–Kier alpha value is -0.590. The SMILES string of the molecule is Cc1cscc1NS(=O)(=O)CCN. The Kier molecular flexibility index (Phi) is 3.29. The van der Waals surface area contributed by atoms with Gasteiger partial charge in [0.1, 0.15) is 0 Å². The quantitative estimate of drug-likeness (QED) is 0.786. The van der Waals surface area contributed by atoms with E-state index in [9.17, 15) is 8.42 Å². The normalized spacial score (nSPS) is 11.5. The molecule has 13 heavy (non-hydrogen) atoms. The van der Waals surface area contributed by atoms with Crippen molar-refractivity contribution in [2.24, 2.45) is 5.73 Å². The molecule has 1 aromatic heterocycles. The average Bonchev–Trinajstić information content (AvgIpc) is 2.35. The number of thiophene rings is 1. The molecule has 0 atom stereocenters. The molecule has 0 spiro atoms. The molecule has 0 saturated carbocycles. The smallest absolute Gasteiger partial charge is 0.234 e. The van der Waals surface area contributed by atoms with Crippen LogP contribution in [-0.2, 0) is 10.0 Å². The van der Waals surface area contributed by atoms with Gasteiger partial charge in [-0.2, -0.15) is 0 Å². The van der Waals surface area contributed by atoms with Crippen LogP contribution in [0.1, 0.15) is 5.56 Å². The first-order chi connectivity index (χ1) is 6.05. The van der Waals surface area contributed by atoms with E-state index in [4.69, 9.17) is 5.73 Å². The van der Waals surface area contributed by atoms with Gasteiger partial charge in [0.2, 0.25) is 10.0 Å². The maximum Gasteiger partial charge on any atom is 0.234 e. The highest BCUT2D eigenvalue weighted by Crippen LogP contribution is 2.20. The molecular weight excluding hydrogens is 208 g/mol. The summed E-state index contributed by atoms with van der Waals surface area (Å²) < 4.78 is 25.0. The zero-order valence-corrected chi connectivity index (χ0v) is 8.91. The molecule has 1 heterocycles. The number of sulfonamides is 1. The molecule has 0 saturated heterocycles. The molecule has 0 amide bonds. The minimum atomic E-state index is -3.25. The summed E-state index contributed by atoms with van der Waals surface area (Å²) in [7, 11) is -3.25. The molecule has 0 aliphatic rings. The van der Waals surface area contributed by atoms with Gasteiger partial charge in [-0.3, -0.25) is 4.72 Å². The fraction of sp³-hybridized carbons (Fsp3) is 0.429. The fourth-order valence-electron chi connectivity index (χ4n) is 0.839. The van der Waals surface area contributed by atoms with Gasteiger partial charge in [0, 0.05) is 11.9 Å². The highest BCUT2D eigenvalue weighted by Gasteiger charge is 2.10. The molecule has 1 aromatic rings. The molecule has 4 nitrogen and oxygen atoms in total. The largest absolute Gasteiger partial charge is 0.329 e. The second kappa shape index (κ2) is 4.08. The van der Waals surface area contributed by atoms with E-state index in [2.05, 4.69) is 4.72 Å². The van der Waals surface area contributed by atoms with Crippen molar-refractivity contribution in [3.05, 3.63) is 16.3 Å². The van der Waals surface area contributed by atoms with Crippen molar-refractivity contribution in [1.82, 2.24) is 0 Å². The number of nitrogens with one attached hydrogen (secondary N) is 1.